The maximum absolute atomic E-state index is 6.18. The van der Waals surface area contributed by atoms with Crippen molar-refractivity contribution in [2.75, 3.05) is 19.4 Å². The van der Waals surface area contributed by atoms with Crippen LogP contribution >= 0.6 is 27.7 Å². The van der Waals surface area contributed by atoms with Crippen LogP contribution < -0.4 is 14.8 Å². The van der Waals surface area contributed by atoms with Crippen LogP contribution in [0.15, 0.2) is 46.0 Å². The number of nitrogens with zero attached hydrogens (tertiary/aromatic N) is 4. The second kappa shape index (κ2) is 10.6. The van der Waals surface area contributed by atoms with Crippen LogP contribution in [0.1, 0.15) is 16.7 Å². The van der Waals surface area contributed by atoms with E-state index in [1.165, 1.54) is 5.56 Å². The predicted molar refractivity (Wildman–Crippen MR) is 117 cm³/mol. The molecule has 0 saturated carbocycles. The molecule has 2 aromatic carbocycles. The molecule has 1 N–H and O–H groups in total. The van der Waals surface area contributed by atoms with Gasteiger partial charge in [-0.1, -0.05) is 57.5 Å². The van der Waals surface area contributed by atoms with E-state index in [2.05, 4.69) is 61.9 Å². The third kappa shape index (κ3) is 5.94. The van der Waals surface area contributed by atoms with Gasteiger partial charge in [-0.25, -0.2) is 4.68 Å². The van der Waals surface area contributed by atoms with Crippen LogP contribution in [0.3, 0.4) is 0 Å². The molecule has 0 radical (unpaired) electrons. The van der Waals surface area contributed by atoms with E-state index in [0.29, 0.717) is 13.2 Å². The molecule has 0 unspecified atom stereocenters. The minimum absolute atomic E-state index is 0.483. The number of ether oxygens (including phenoxy) is 2. The number of halogens is 1. The van der Waals surface area contributed by atoms with E-state index in [-0.39, 0.29) is 0 Å². The number of benzene rings is 2. The number of methoxy groups -OCH3 is 1. The summed E-state index contributed by atoms with van der Waals surface area (Å²) in [5.41, 5.74) is 3.37. The summed E-state index contributed by atoms with van der Waals surface area (Å²) in [6, 6.07) is 12.2. The van der Waals surface area contributed by atoms with Gasteiger partial charge in [0.1, 0.15) is 6.61 Å². The summed E-state index contributed by atoms with van der Waals surface area (Å²) >= 11 is 5.26. The normalized spacial score (nSPS) is 10.9. The molecule has 0 bridgehead atoms. The zero-order chi connectivity index (χ0) is 20.6. The van der Waals surface area contributed by atoms with Crippen LogP contribution in [0.5, 0.6) is 11.5 Å². The standard InChI is InChI=1S/C20H24BrN5O2S/c1-14-5-4-6-15(11-14)13-28-19-16(17(21)7-8-18(19)27-3)12-22-9-10-29-20-23-24-25-26(20)2/h4-8,11,22H,9-10,12-13H2,1-3H3. The van der Waals surface area contributed by atoms with Crippen molar-refractivity contribution in [2.24, 2.45) is 7.05 Å². The summed E-state index contributed by atoms with van der Waals surface area (Å²) in [4.78, 5) is 0. The van der Waals surface area contributed by atoms with Gasteiger partial charge >= 0.3 is 0 Å². The lowest BCUT2D eigenvalue weighted by Gasteiger charge is -2.17. The van der Waals surface area contributed by atoms with Gasteiger partial charge in [0, 0.05) is 35.9 Å². The van der Waals surface area contributed by atoms with E-state index in [9.17, 15) is 0 Å². The van der Waals surface area contributed by atoms with Crippen LogP contribution in [-0.2, 0) is 20.2 Å². The lowest BCUT2D eigenvalue weighted by atomic mass is 10.1. The number of hydrogen-bond donors (Lipinski definition) is 1. The highest BCUT2D eigenvalue weighted by Crippen LogP contribution is 2.36. The highest BCUT2D eigenvalue weighted by atomic mass is 79.9. The first kappa shape index (κ1) is 21.6. The molecule has 0 amide bonds. The quantitative estimate of drug-likeness (QED) is 0.352. The topological polar surface area (TPSA) is 74.1 Å². The summed E-state index contributed by atoms with van der Waals surface area (Å²) in [5.74, 6) is 2.33. The molecule has 0 saturated heterocycles. The number of nitrogens with one attached hydrogen (secondary N) is 1. The van der Waals surface area contributed by atoms with E-state index < -0.39 is 0 Å². The highest BCUT2D eigenvalue weighted by molar-refractivity contribution is 9.10. The Labute approximate surface area is 183 Å². The lowest BCUT2D eigenvalue weighted by molar-refractivity contribution is 0.280. The second-order valence-electron chi connectivity index (χ2n) is 6.45. The molecule has 154 valence electrons. The Balaban J connectivity index is 1.62. The molecule has 0 spiro atoms. The average Bonchev–Trinajstić information content (AvgIpc) is 3.12. The first-order chi connectivity index (χ1) is 14.1. The zero-order valence-corrected chi connectivity index (χ0v) is 19.1. The van der Waals surface area contributed by atoms with E-state index in [1.54, 1.807) is 23.6 Å². The Morgan fingerprint density at radius 2 is 2.10 bits per heavy atom. The molecule has 7 nitrogen and oxygen atoms in total. The number of tetrazole rings is 1. The van der Waals surface area contributed by atoms with Crippen molar-refractivity contribution in [3.63, 3.8) is 0 Å². The number of rotatable bonds is 10. The number of hydrogen-bond acceptors (Lipinski definition) is 7. The number of thioether (sulfide) groups is 1. The molecule has 3 aromatic rings. The Morgan fingerprint density at radius 3 is 2.83 bits per heavy atom. The first-order valence-corrected chi connectivity index (χ1v) is 11.0. The van der Waals surface area contributed by atoms with Gasteiger partial charge in [-0.05, 0) is 35.0 Å². The van der Waals surface area contributed by atoms with Crippen molar-refractivity contribution in [3.05, 3.63) is 57.6 Å². The van der Waals surface area contributed by atoms with Crippen molar-refractivity contribution in [2.45, 2.75) is 25.2 Å². The average molecular weight is 478 g/mol. The SMILES string of the molecule is COc1ccc(Br)c(CNCCSc2nnnn2C)c1OCc1cccc(C)c1. The van der Waals surface area contributed by atoms with E-state index in [1.807, 2.05) is 25.2 Å². The molecule has 0 aliphatic rings. The van der Waals surface area contributed by atoms with Gasteiger partial charge in [-0.3, -0.25) is 0 Å². The summed E-state index contributed by atoms with van der Waals surface area (Å²) in [6.07, 6.45) is 0. The third-order valence-corrected chi connectivity index (χ3v) is 6.00. The molecule has 0 aliphatic carbocycles. The van der Waals surface area contributed by atoms with Gasteiger partial charge in [0.15, 0.2) is 11.5 Å². The van der Waals surface area contributed by atoms with Crippen molar-refractivity contribution >= 4 is 27.7 Å². The molecular weight excluding hydrogens is 454 g/mol. The lowest BCUT2D eigenvalue weighted by Crippen LogP contribution is -2.18. The molecular formula is C20H24BrN5O2S. The largest absolute Gasteiger partial charge is 0.493 e. The molecule has 0 atom stereocenters. The van der Waals surface area contributed by atoms with Crippen LogP contribution in [0.2, 0.25) is 0 Å². The Kier molecular flexibility index (Phi) is 7.91. The van der Waals surface area contributed by atoms with Crippen LogP contribution in [0, 0.1) is 6.92 Å². The predicted octanol–water partition coefficient (Wildman–Crippen LogP) is 3.75. The fourth-order valence-corrected chi connectivity index (χ4v) is 3.99. The monoisotopic (exact) mass is 477 g/mol. The molecule has 9 heteroatoms. The Morgan fingerprint density at radius 1 is 1.24 bits per heavy atom. The molecule has 0 fully saturated rings. The first-order valence-electron chi connectivity index (χ1n) is 9.18. The van der Waals surface area contributed by atoms with Crippen LogP contribution in [-0.4, -0.2) is 39.6 Å². The maximum Gasteiger partial charge on any atom is 0.209 e. The summed E-state index contributed by atoms with van der Waals surface area (Å²) in [7, 11) is 3.49. The van der Waals surface area contributed by atoms with Crippen molar-refractivity contribution in [1.29, 1.82) is 0 Å². The maximum atomic E-state index is 6.18. The third-order valence-electron chi connectivity index (χ3n) is 4.25. The van der Waals surface area contributed by atoms with Gasteiger partial charge < -0.3 is 14.8 Å². The molecule has 0 aliphatic heterocycles. The molecule has 1 heterocycles. The van der Waals surface area contributed by atoms with E-state index >= 15 is 0 Å². The minimum Gasteiger partial charge on any atom is -0.493 e. The fraction of sp³-hybridized carbons (Fsp3) is 0.350. The summed E-state index contributed by atoms with van der Waals surface area (Å²) < 4.78 is 14.4. The van der Waals surface area contributed by atoms with Gasteiger partial charge in [-0.2, -0.15) is 0 Å². The van der Waals surface area contributed by atoms with Crippen molar-refractivity contribution in [1.82, 2.24) is 25.5 Å². The Hall–Kier alpha value is -2.10. The molecule has 29 heavy (non-hydrogen) atoms. The molecule has 3 rings (SSSR count). The highest BCUT2D eigenvalue weighted by Gasteiger charge is 2.15. The second-order valence-corrected chi connectivity index (χ2v) is 8.36. The van der Waals surface area contributed by atoms with Gasteiger partial charge in [0.05, 0.1) is 7.11 Å². The van der Waals surface area contributed by atoms with E-state index in [4.69, 9.17) is 9.47 Å². The van der Waals surface area contributed by atoms with Gasteiger partial charge in [0.25, 0.3) is 0 Å². The van der Waals surface area contributed by atoms with Crippen molar-refractivity contribution < 1.29 is 9.47 Å². The molecule has 1 aromatic heterocycles. The number of aryl methyl sites for hydroxylation is 2. The zero-order valence-electron chi connectivity index (χ0n) is 16.7. The minimum atomic E-state index is 0.483. The van der Waals surface area contributed by atoms with Gasteiger partial charge in [-0.15, -0.1) is 5.10 Å². The van der Waals surface area contributed by atoms with Gasteiger partial charge in [0.2, 0.25) is 5.16 Å². The fourth-order valence-electron chi connectivity index (χ4n) is 2.79. The summed E-state index contributed by atoms with van der Waals surface area (Å²) in [6.45, 7) is 4.02. The van der Waals surface area contributed by atoms with Crippen LogP contribution in [0.25, 0.3) is 0 Å². The van der Waals surface area contributed by atoms with Crippen LogP contribution in [0.4, 0.5) is 0 Å². The number of aromatic nitrogens is 4. The smallest absolute Gasteiger partial charge is 0.209 e. The Bertz CT molecular complexity index is 950. The summed E-state index contributed by atoms with van der Waals surface area (Å²) in [5, 5.41) is 15.7. The van der Waals surface area contributed by atoms with Crippen molar-refractivity contribution in [3.8, 4) is 11.5 Å². The van der Waals surface area contributed by atoms with E-state index in [0.717, 1.165) is 44.6 Å².